The standard InChI is InChI=1S/C27H32N6O5S.C2H4O2/c1-16(2)22-26(37)31-19(12-17-8-4-3-5-9-17)27-32-20(13-38-27)23(34)28-11-7-6-10-18(24(35)33-22)30-25(36)21-14-39-15-29-21;1-2(3)4/h3-5,8-9,13-16,18-19,22H,6-7,10-12H2,1-2H3,(H,28,34)(H,30,36)(H,31,37)(H,33,35);1H3,(H,3,4)/t18-,19+,22-;/m0./s1. The van der Waals surface area contributed by atoms with E-state index in [-0.39, 0.29) is 23.2 Å². The molecule has 3 heterocycles. The fourth-order valence-corrected chi connectivity index (χ4v) is 4.78. The van der Waals surface area contributed by atoms with Crippen molar-refractivity contribution in [3.8, 4) is 0 Å². The van der Waals surface area contributed by atoms with Crippen molar-refractivity contribution in [2.45, 2.75) is 64.6 Å². The summed E-state index contributed by atoms with van der Waals surface area (Å²) in [5.41, 5.74) is 2.81. The summed E-state index contributed by atoms with van der Waals surface area (Å²) in [6.45, 7) is 5.09. The van der Waals surface area contributed by atoms with E-state index in [1.54, 1.807) is 5.38 Å². The highest BCUT2D eigenvalue weighted by molar-refractivity contribution is 7.07. The summed E-state index contributed by atoms with van der Waals surface area (Å²) >= 11 is 1.28. The molecular formula is C29H36N6O7S. The number of nitrogens with one attached hydrogen (secondary N) is 4. The molecule has 43 heavy (non-hydrogen) atoms. The Labute approximate surface area is 252 Å². The van der Waals surface area contributed by atoms with Gasteiger partial charge in [0.05, 0.1) is 5.51 Å². The molecule has 2 aromatic heterocycles. The van der Waals surface area contributed by atoms with Crippen LogP contribution in [0.2, 0.25) is 0 Å². The van der Waals surface area contributed by atoms with Gasteiger partial charge < -0.3 is 30.8 Å². The number of nitrogens with zero attached hydrogens (tertiary/aromatic N) is 2. The summed E-state index contributed by atoms with van der Waals surface area (Å²) in [7, 11) is 0. The van der Waals surface area contributed by atoms with Crippen LogP contribution in [0.25, 0.3) is 0 Å². The molecule has 2 bridgehead atoms. The lowest BCUT2D eigenvalue weighted by atomic mass is 10.00. The molecule has 13 nitrogen and oxygen atoms in total. The van der Waals surface area contributed by atoms with Gasteiger partial charge in [-0.15, -0.1) is 11.3 Å². The van der Waals surface area contributed by atoms with Gasteiger partial charge in [-0.3, -0.25) is 24.0 Å². The van der Waals surface area contributed by atoms with Gasteiger partial charge in [0.2, 0.25) is 17.7 Å². The van der Waals surface area contributed by atoms with Crippen LogP contribution >= 0.6 is 11.3 Å². The fourth-order valence-electron chi connectivity index (χ4n) is 4.24. The van der Waals surface area contributed by atoms with Crippen LogP contribution < -0.4 is 21.3 Å². The number of carbonyl (C=O) groups excluding carboxylic acids is 4. The summed E-state index contributed by atoms with van der Waals surface area (Å²) in [6.07, 6.45) is 3.06. The first-order valence-electron chi connectivity index (χ1n) is 13.8. The van der Waals surface area contributed by atoms with Gasteiger partial charge in [-0.05, 0) is 30.7 Å². The lowest BCUT2D eigenvalue weighted by Crippen LogP contribution is -2.56. The van der Waals surface area contributed by atoms with E-state index >= 15 is 0 Å². The summed E-state index contributed by atoms with van der Waals surface area (Å²) in [4.78, 5) is 69.6. The van der Waals surface area contributed by atoms with Crippen LogP contribution in [-0.2, 0) is 20.8 Å². The first-order valence-corrected chi connectivity index (χ1v) is 14.8. The van der Waals surface area contributed by atoms with E-state index in [4.69, 9.17) is 14.3 Å². The van der Waals surface area contributed by atoms with Crippen LogP contribution in [0.15, 0.2) is 51.9 Å². The molecular weight excluding hydrogens is 576 g/mol. The van der Waals surface area contributed by atoms with Crippen LogP contribution in [0.3, 0.4) is 0 Å². The number of thiazole rings is 1. The first kappa shape index (κ1) is 32.9. The summed E-state index contributed by atoms with van der Waals surface area (Å²) in [6, 6.07) is 7.04. The number of carboxylic acids is 1. The Hall–Kier alpha value is -4.59. The molecule has 0 saturated heterocycles. The first-order chi connectivity index (χ1) is 20.5. The average molecular weight is 613 g/mol. The van der Waals surface area contributed by atoms with Crippen molar-refractivity contribution in [1.82, 2.24) is 31.2 Å². The topological polar surface area (TPSA) is 193 Å². The van der Waals surface area contributed by atoms with Gasteiger partial charge in [0.15, 0.2) is 5.69 Å². The minimum absolute atomic E-state index is 0.117. The number of carbonyl (C=O) groups is 5. The van der Waals surface area contributed by atoms with Crippen LogP contribution in [0.4, 0.5) is 0 Å². The van der Waals surface area contributed by atoms with Crippen molar-refractivity contribution in [2.24, 2.45) is 5.92 Å². The number of hydrogen-bond donors (Lipinski definition) is 5. The molecule has 0 unspecified atom stereocenters. The van der Waals surface area contributed by atoms with E-state index in [1.807, 2.05) is 44.2 Å². The Kier molecular flexibility index (Phi) is 12.4. The third-order valence-electron chi connectivity index (χ3n) is 6.39. The van der Waals surface area contributed by atoms with Crippen molar-refractivity contribution >= 4 is 40.9 Å². The van der Waals surface area contributed by atoms with E-state index < -0.39 is 47.7 Å². The lowest BCUT2D eigenvalue weighted by molar-refractivity contribution is -0.134. The zero-order valence-corrected chi connectivity index (χ0v) is 25.0. The number of aliphatic carboxylic acids is 1. The Morgan fingerprint density at radius 1 is 1.12 bits per heavy atom. The Morgan fingerprint density at radius 3 is 2.49 bits per heavy atom. The Morgan fingerprint density at radius 2 is 1.84 bits per heavy atom. The molecule has 230 valence electrons. The molecule has 1 aliphatic rings. The fraction of sp³-hybridized carbons (Fsp3) is 0.414. The molecule has 14 heteroatoms. The zero-order chi connectivity index (χ0) is 31.4. The summed E-state index contributed by atoms with van der Waals surface area (Å²) in [5, 5.41) is 20.3. The quantitative estimate of drug-likeness (QED) is 0.288. The van der Waals surface area contributed by atoms with E-state index in [9.17, 15) is 19.2 Å². The number of benzene rings is 1. The molecule has 4 amide bonds. The average Bonchev–Trinajstić information content (AvgIpc) is 3.67. The van der Waals surface area contributed by atoms with Crippen molar-refractivity contribution in [2.75, 3.05) is 6.54 Å². The predicted octanol–water partition coefficient (Wildman–Crippen LogP) is 2.48. The highest BCUT2D eigenvalue weighted by Crippen LogP contribution is 2.20. The molecule has 1 aliphatic heterocycles. The smallest absolute Gasteiger partial charge is 0.300 e. The van der Waals surface area contributed by atoms with E-state index in [0.29, 0.717) is 32.2 Å². The second-order valence-electron chi connectivity index (χ2n) is 10.2. The SMILES string of the molecule is CC(=O)O.CC(C)[C@@H]1NC(=O)[C@@H](NC(=O)c2cscn2)CCCCNC(=O)c2coc(n2)[C@@H](Cc2ccccc2)NC1=O. The lowest BCUT2D eigenvalue weighted by Gasteiger charge is -2.27. The van der Waals surface area contributed by atoms with Gasteiger partial charge in [0.1, 0.15) is 30.1 Å². The van der Waals surface area contributed by atoms with E-state index in [0.717, 1.165) is 12.5 Å². The number of carboxylic acid groups (broad SMARTS) is 1. The summed E-state index contributed by atoms with van der Waals surface area (Å²) < 4.78 is 5.63. The molecule has 3 atom stereocenters. The van der Waals surface area contributed by atoms with Crippen molar-refractivity contribution in [3.05, 3.63) is 70.3 Å². The number of hydrogen-bond acceptors (Lipinski definition) is 9. The highest BCUT2D eigenvalue weighted by Gasteiger charge is 2.32. The molecule has 0 spiro atoms. The molecule has 0 aliphatic carbocycles. The van der Waals surface area contributed by atoms with Crippen LogP contribution in [0.1, 0.15) is 78.5 Å². The number of fused-ring (bicyclic) bond motifs is 2. The number of aromatic nitrogens is 2. The van der Waals surface area contributed by atoms with Crippen LogP contribution in [0, 0.1) is 5.92 Å². The summed E-state index contributed by atoms with van der Waals surface area (Å²) in [5.74, 6) is -2.67. The molecule has 1 aromatic carbocycles. The molecule has 0 saturated carbocycles. The van der Waals surface area contributed by atoms with Gasteiger partial charge in [0.25, 0.3) is 17.8 Å². The van der Waals surface area contributed by atoms with Gasteiger partial charge >= 0.3 is 0 Å². The third-order valence-corrected chi connectivity index (χ3v) is 6.98. The molecule has 0 radical (unpaired) electrons. The van der Waals surface area contributed by atoms with Crippen LogP contribution in [0.5, 0.6) is 0 Å². The minimum atomic E-state index is -0.889. The molecule has 0 fully saturated rings. The normalized spacial score (nSPS) is 19.7. The van der Waals surface area contributed by atoms with E-state index in [1.165, 1.54) is 23.1 Å². The van der Waals surface area contributed by atoms with E-state index in [2.05, 4.69) is 31.2 Å². The zero-order valence-electron chi connectivity index (χ0n) is 24.2. The van der Waals surface area contributed by atoms with Gasteiger partial charge in [-0.2, -0.15) is 0 Å². The van der Waals surface area contributed by atoms with Crippen LogP contribution in [-0.4, -0.2) is 63.3 Å². The minimum Gasteiger partial charge on any atom is -0.481 e. The Bertz CT molecular complexity index is 1370. The maximum absolute atomic E-state index is 13.5. The van der Waals surface area contributed by atoms with Gasteiger partial charge in [-0.25, -0.2) is 9.97 Å². The Balaban J connectivity index is 0.00000119. The number of oxazole rings is 1. The maximum Gasteiger partial charge on any atom is 0.300 e. The second kappa shape index (κ2) is 16.2. The molecule has 5 N–H and O–H groups in total. The highest BCUT2D eigenvalue weighted by atomic mass is 32.1. The van der Waals surface area contributed by atoms with Crippen molar-refractivity contribution in [1.29, 1.82) is 0 Å². The van der Waals surface area contributed by atoms with Gasteiger partial charge in [0, 0.05) is 25.3 Å². The molecule has 4 rings (SSSR count). The number of amides is 4. The van der Waals surface area contributed by atoms with Crippen molar-refractivity contribution < 1.29 is 33.5 Å². The van der Waals surface area contributed by atoms with Gasteiger partial charge in [-0.1, -0.05) is 44.2 Å². The monoisotopic (exact) mass is 612 g/mol. The predicted molar refractivity (Wildman–Crippen MR) is 157 cm³/mol. The largest absolute Gasteiger partial charge is 0.481 e. The molecule has 3 aromatic rings. The second-order valence-corrected chi connectivity index (χ2v) is 10.9. The van der Waals surface area contributed by atoms with Crippen molar-refractivity contribution in [3.63, 3.8) is 0 Å². The third kappa shape index (κ3) is 10.3. The number of rotatable bonds is 5. The maximum atomic E-state index is 13.5.